The summed E-state index contributed by atoms with van der Waals surface area (Å²) in [6, 6.07) is 13.3. The van der Waals surface area contributed by atoms with Gasteiger partial charge in [-0.1, -0.05) is 18.2 Å². The van der Waals surface area contributed by atoms with Crippen molar-refractivity contribution in [1.82, 2.24) is 9.88 Å². The first-order chi connectivity index (χ1) is 17.2. The normalized spacial score (nSPS) is 19.7. The average Bonchev–Trinajstić information content (AvgIpc) is 3.45. The molecule has 2 fully saturated rings. The van der Waals surface area contributed by atoms with Crippen molar-refractivity contribution in [3.63, 3.8) is 0 Å². The fourth-order valence-electron chi connectivity index (χ4n) is 5.86. The van der Waals surface area contributed by atoms with Gasteiger partial charge in [0.05, 0.1) is 23.6 Å². The molecular weight excluding hydrogens is 469 g/mol. The molecule has 3 heterocycles. The molecule has 2 aromatic carbocycles. The van der Waals surface area contributed by atoms with E-state index < -0.39 is 17.3 Å². The van der Waals surface area contributed by atoms with Gasteiger partial charge in [-0.05, 0) is 48.1 Å². The van der Waals surface area contributed by atoms with Crippen LogP contribution in [0.25, 0.3) is 10.9 Å². The van der Waals surface area contributed by atoms with Crippen LogP contribution in [0.2, 0.25) is 0 Å². The van der Waals surface area contributed by atoms with Crippen molar-refractivity contribution >= 4 is 22.5 Å². The van der Waals surface area contributed by atoms with E-state index in [1.165, 1.54) is 6.07 Å². The van der Waals surface area contributed by atoms with Gasteiger partial charge in [0.1, 0.15) is 0 Å². The van der Waals surface area contributed by atoms with Crippen LogP contribution in [-0.2, 0) is 17.4 Å². The molecule has 2 N–H and O–H groups in total. The van der Waals surface area contributed by atoms with Crippen molar-refractivity contribution < 1.29 is 23.1 Å². The van der Waals surface area contributed by atoms with Crippen LogP contribution in [0, 0.1) is 22.7 Å². The number of halogens is 3. The van der Waals surface area contributed by atoms with E-state index in [1.807, 2.05) is 40.3 Å². The first-order valence-electron chi connectivity index (χ1n) is 12.0. The standard InChI is InChI=1S/C27H27F3N4O2/c28-27(29,30)23-12-21(6-5-18(23)13-31)34-15-20(16-35)26(17-34)7-9-33(10-8-26)25(36)11-19-14-32-24-4-2-1-3-22(19)24/h1-6,12,14,20,32,35H,7-11,15-17H2. The lowest BCUT2D eigenvalue weighted by atomic mass is 9.71. The van der Waals surface area contributed by atoms with E-state index in [1.54, 1.807) is 12.1 Å². The highest BCUT2D eigenvalue weighted by molar-refractivity contribution is 5.88. The SMILES string of the molecule is N#Cc1ccc(N2CC(CO)C3(CCN(C(=O)Cc4c[nH]c5ccccc45)CC3)C2)cc1C(F)(F)F. The van der Waals surface area contributed by atoms with Crippen LogP contribution in [0.5, 0.6) is 0 Å². The predicted molar refractivity (Wildman–Crippen MR) is 129 cm³/mol. The van der Waals surface area contributed by atoms with E-state index in [-0.39, 0.29) is 23.8 Å². The number of aromatic amines is 1. The molecule has 1 spiro atoms. The first-order valence-corrected chi connectivity index (χ1v) is 12.0. The Balaban J connectivity index is 1.29. The number of aliphatic hydroxyl groups is 1. The monoisotopic (exact) mass is 496 g/mol. The second-order valence-corrected chi connectivity index (χ2v) is 9.88. The van der Waals surface area contributed by atoms with Gasteiger partial charge in [-0.15, -0.1) is 0 Å². The van der Waals surface area contributed by atoms with Crippen molar-refractivity contribution in [2.45, 2.75) is 25.4 Å². The van der Waals surface area contributed by atoms with Gasteiger partial charge >= 0.3 is 6.18 Å². The zero-order chi connectivity index (χ0) is 25.5. The van der Waals surface area contributed by atoms with E-state index >= 15 is 0 Å². The number of alkyl halides is 3. The zero-order valence-electron chi connectivity index (χ0n) is 19.7. The highest BCUT2D eigenvalue weighted by Crippen LogP contribution is 2.46. The molecule has 0 aliphatic carbocycles. The Bertz CT molecular complexity index is 1320. The number of aliphatic hydroxyl groups excluding tert-OH is 1. The summed E-state index contributed by atoms with van der Waals surface area (Å²) >= 11 is 0. The topological polar surface area (TPSA) is 83.4 Å². The summed E-state index contributed by atoms with van der Waals surface area (Å²) in [6.07, 6.45) is -1.09. The summed E-state index contributed by atoms with van der Waals surface area (Å²) in [5, 5.41) is 20.3. The molecule has 0 bridgehead atoms. The predicted octanol–water partition coefficient (Wildman–Crippen LogP) is 4.34. The molecule has 5 rings (SSSR count). The van der Waals surface area contributed by atoms with E-state index in [2.05, 4.69) is 4.98 Å². The second-order valence-electron chi connectivity index (χ2n) is 9.88. The number of piperidine rings is 1. The minimum absolute atomic E-state index is 0.0481. The quantitative estimate of drug-likeness (QED) is 0.563. The molecule has 2 aliphatic heterocycles. The lowest BCUT2D eigenvalue weighted by Crippen LogP contribution is -2.47. The number of carbonyl (C=O) groups excluding carboxylic acids is 1. The van der Waals surface area contributed by atoms with Gasteiger partial charge in [0.15, 0.2) is 0 Å². The molecule has 1 aromatic heterocycles. The van der Waals surface area contributed by atoms with Crippen LogP contribution in [0.1, 0.15) is 29.5 Å². The number of para-hydroxylation sites is 1. The lowest BCUT2D eigenvalue weighted by Gasteiger charge is -2.42. The Kier molecular flexibility index (Phi) is 6.17. The molecule has 1 unspecified atom stereocenters. The smallest absolute Gasteiger partial charge is 0.396 e. The first kappa shape index (κ1) is 24.2. The molecule has 3 aromatic rings. The van der Waals surface area contributed by atoms with E-state index in [0.29, 0.717) is 51.1 Å². The number of likely N-dealkylation sites (tertiary alicyclic amines) is 1. The molecule has 2 saturated heterocycles. The Morgan fingerprint density at radius 1 is 1.19 bits per heavy atom. The van der Waals surface area contributed by atoms with Crippen LogP contribution in [-0.4, -0.2) is 53.7 Å². The number of H-pyrrole nitrogens is 1. The average molecular weight is 497 g/mol. The number of amides is 1. The Hall–Kier alpha value is -3.51. The molecule has 6 nitrogen and oxygen atoms in total. The Labute approximate surface area is 206 Å². The third-order valence-corrected chi connectivity index (χ3v) is 7.96. The van der Waals surface area contributed by atoms with Crippen LogP contribution in [0.3, 0.4) is 0 Å². The van der Waals surface area contributed by atoms with Crippen molar-refractivity contribution in [3.8, 4) is 6.07 Å². The summed E-state index contributed by atoms with van der Waals surface area (Å²) in [6.45, 7) is 1.97. The highest BCUT2D eigenvalue weighted by atomic mass is 19.4. The minimum Gasteiger partial charge on any atom is -0.396 e. The van der Waals surface area contributed by atoms with E-state index in [4.69, 9.17) is 5.26 Å². The zero-order valence-corrected chi connectivity index (χ0v) is 19.7. The highest BCUT2D eigenvalue weighted by Gasteiger charge is 2.48. The number of fused-ring (bicyclic) bond motifs is 1. The minimum atomic E-state index is -4.62. The second kappa shape index (κ2) is 9.17. The number of hydrogen-bond donors (Lipinski definition) is 2. The number of nitrogens with zero attached hydrogens (tertiary/aromatic N) is 3. The molecule has 9 heteroatoms. The van der Waals surface area contributed by atoms with Gasteiger partial charge in [-0.25, -0.2) is 0 Å². The van der Waals surface area contributed by atoms with Crippen LogP contribution < -0.4 is 4.90 Å². The Morgan fingerprint density at radius 2 is 1.94 bits per heavy atom. The Morgan fingerprint density at radius 3 is 2.64 bits per heavy atom. The van der Waals surface area contributed by atoms with Crippen molar-refractivity contribution in [3.05, 3.63) is 65.4 Å². The van der Waals surface area contributed by atoms with Gasteiger partial charge in [-0.2, -0.15) is 18.4 Å². The third kappa shape index (κ3) is 4.30. The van der Waals surface area contributed by atoms with Crippen molar-refractivity contribution in [2.75, 3.05) is 37.7 Å². The van der Waals surface area contributed by atoms with Crippen LogP contribution in [0.4, 0.5) is 18.9 Å². The maximum absolute atomic E-state index is 13.5. The number of nitriles is 1. The van der Waals surface area contributed by atoms with Gasteiger partial charge < -0.3 is 19.9 Å². The largest absolute Gasteiger partial charge is 0.417 e. The van der Waals surface area contributed by atoms with Gasteiger partial charge in [0.25, 0.3) is 0 Å². The number of carbonyl (C=O) groups is 1. The fourth-order valence-corrected chi connectivity index (χ4v) is 5.86. The lowest BCUT2D eigenvalue weighted by molar-refractivity contribution is -0.137. The van der Waals surface area contributed by atoms with Crippen LogP contribution in [0.15, 0.2) is 48.7 Å². The third-order valence-electron chi connectivity index (χ3n) is 7.96. The summed E-state index contributed by atoms with van der Waals surface area (Å²) in [5.74, 6) is -0.0553. The molecule has 2 aliphatic rings. The van der Waals surface area contributed by atoms with Gasteiger partial charge in [0, 0.05) is 61.5 Å². The number of hydrogen-bond acceptors (Lipinski definition) is 4. The van der Waals surface area contributed by atoms with Crippen LogP contribution >= 0.6 is 0 Å². The molecule has 36 heavy (non-hydrogen) atoms. The van der Waals surface area contributed by atoms with Crippen molar-refractivity contribution in [2.24, 2.45) is 11.3 Å². The summed E-state index contributed by atoms with van der Waals surface area (Å²) < 4.78 is 40.5. The van der Waals surface area contributed by atoms with Gasteiger partial charge in [-0.3, -0.25) is 4.79 Å². The number of rotatable bonds is 4. The summed E-state index contributed by atoms with van der Waals surface area (Å²) in [5.41, 5.74) is 0.722. The van der Waals surface area contributed by atoms with Gasteiger partial charge in [0.2, 0.25) is 5.91 Å². The molecule has 1 atom stereocenters. The molecule has 1 amide bonds. The summed E-state index contributed by atoms with van der Waals surface area (Å²) in [7, 11) is 0. The summed E-state index contributed by atoms with van der Waals surface area (Å²) in [4.78, 5) is 20.0. The molecule has 0 radical (unpaired) electrons. The number of nitrogens with one attached hydrogen (secondary N) is 1. The molecular formula is C27H27F3N4O2. The molecule has 0 saturated carbocycles. The van der Waals surface area contributed by atoms with Crippen molar-refractivity contribution in [1.29, 1.82) is 5.26 Å². The maximum Gasteiger partial charge on any atom is 0.417 e. The fraction of sp³-hybridized carbons (Fsp3) is 0.407. The maximum atomic E-state index is 13.5. The van der Waals surface area contributed by atoms with E-state index in [9.17, 15) is 23.1 Å². The number of anilines is 1. The number of benzene rings is 2. The van der Waals surface area contributed by atoms with E-state index in [0.717, 1.165) is 22.5 Å². The number of aromatic nitrogens is 1. The molecule has 188 valence electrons.